The van der Waals surface area contributed by atoms with E-state index in [0.29, 0.717) is 17.3 Å². The monoisotopic (exact) mass is 454 g/mol. The molecule has 174 valence electrons. The first-order valence-electron chi connectivity index (χ1n) is 12.1. The summed E-state index contributed by atoms with van der Waals surface area (Å²) < 4.78 is 0. The number of amides is 2. The molecule has 2 N–H and O–H groups in total. The predicted molar refractivity (Wildman–Crippen MR) is 132 cm³/mol. The number of rotatable bonds is 7. The highest BCUT2D eigenvalue weighted by Gasteiger charge is 2.24. The number of pyridine rings is 1. The van der Waals surface area contributed by atoms with Crippen LogP contribution in [0, 0.1) is 0 Å². The molecule has 1 saturated carbocycles. The van der Waals surface area contributed by atoms with Gasteiger partial charge in [0.2, 0.25) is 0 Å². The summed E-state index contributed by atoms with van der Waals surface area (Å²) in [6.07, 6.45) is 4.00. The Morgan fingerprint density at radius 1 is 0.765 bits per heavy atom. The van der Waals surface area contributed by atoms with Crippen molar-refractivity contribution in [3.05, 3.63) is 89.6 Å². The molecule has 2 aromatic carbocycles. The van der Waals surface area contributed by atoms with Gasteiger partial charge in [-0.1, -0.05) is 48.5 Å². The summed E-state index contributed by atoms with van der Waals surface area (Å²) in [7, 11) is 0. The predicted octanol–water partition coefficient (Wildman–Crippen LogP) is 4.04. The van der Waals surface area contributed by atoms with Gasteiger partial charge in [-0.15, -0.1) is 0 Å². The van der Waals surface area contributed by atoms with Gasteiger partial charge in [0.15, 0.2) is 0 Å². The molecule has 1 aromatic heterocycles. The Morgan fingerprint density at radius 3 is 2.15 bits per heavy atom. The molecule has 0 bridgehead atoms. The highest BCUT2D eigenvalue weighted by atomic mass is 16.2. The van der Waals surface area contributed by atoms with Crippen LogP contribution in [0.4, 0.5) is 0 Å². The van der Waals surface area contributed by atoms with Crippen LogP contribution >= 0.6 is 0 Å². The number of hydrogen-bond donors (Lipinski definition) is 2. The third kappa shape index (κ3) is 5.69. The quantitative estimate of drug-likeness (QED) is 0.565. The Labute approximate surface area is 200 Å². The molecular weight excluding hydrogens is 424 g/mol. The first kappa shape index (κ1) is 22.3. The zero-order valence-electron chi connectivity index (χ0n) is 19.2. The van der Waals surface area contributed by atoms with Crippen molar-refractivity contribution in [3.63, 3.8) is 0 Å². The van der Waals surface area contributed by atoms with E-state index >= 15 is 0 Å². The summed E-state index contributed by atoms with van der Waals surface area (Å²) >= 11 is 0. The number of nitrogens with zero attached hydrogens (tertiary/aromatic N) is 2. The lowest BCUT2D eigenvalue weighted by molar-refractivity contribution is 0.0902. The van der Waals surface area contributed by atoms with Crippen molar-refractivity contribution >= 4 is 11.8 Å². The van der Waals surface area contributed by atoms with Gasteiger partial charge in [0.1, 0.15) is 5.69 Å². The first-order valence-corrected chi connectivity index (χ1v) is 12.1. The summed E-state index contributed by atoms with van der Waals surface area (Å²) in [4.78, 5) is 32.1. The highest BCUT2D eigenvalue weighted by Crippen LogP contribution is 2.21. The molecule has 1 aliphatic heterocycles. The van der Waals surface area contributed by atoms with Crippen LogP contribution in [-0.2, 0) is 6.54 Å². The van der Waals surface area contributed by atoms with E-state index in [2.05, 4.69) is 44.8 Å². The number of likely N-dealkylation sites (tertiary alicyclic amines) is 1. The van der Waals surface area contributed by atoms with Gasteiger partial charge in [-0.2, -0.15) is 0 Å². The van der Waals surface area contributed by atoms with Crippen molar-refractivity contribution in [2.75, 3.05) is 13.1 Å². The third-order valence-corrected chi connectivity index (χ3v) is 6.51. The minimum Gasteiger partial charge on any atom is -0.349 e. The summed E-state index contributed by atoms with van der Waals surface area (Å²) in [5.74, 6) is -0.172. The zero-order chi connectivity index (χ0) is 23.3. The molecule has 1 saturated heterocycles. The van der Waals surface area contributed by atoms with E-state index < -0.39 is 0 Å². The smallest absolute Gasteiger partial charge is 0.270 e. The van der Waals surface area contributed by atoms with E-state index in [1.807, 2.05) is 42.5 Å². The maximum Gasteiger partial charge on any atom is 0.270 e. The Balaban J connectivity index is 1.16. The van der Waals surface area contributed by atoms with Gasteiger partial charge in [-0.05, 0) is 55.5 Å². The van der Waals surface area contributed by atoms with Crippen molar-refractivity contribution < 1.29 is 9.59 Å². The van der Waals surface area contributed by atoms with Crippen LogP contribution in [-0.4, -0.2) is 46.9 Å². The molecule has 0 atom stereocenters. The topological polar surface area (TPSA) is 74.3 Å². The van der Waals surface area contributed by atoms with Gasteiger partial charge in [-0.25, -0.2) is 4.98 Å². The van der Waals surface area contributed by atoms with E-state index in [9.17, 15) is 9.59 Å². The molecule has 2 amide bonds. The largest absolute Gasteiger partial charge is 0.349 e. The number of carbonyl (C=O) groups is 2. The molecule has 34 heavy (non-hydrogen) atoms. The van der Waals surface area contributed by atoms with Gasteiger partial charge in [0.25, 0.3) is 11.8 Å². The van der Waals surface area contributed by atoms with Crippen molar-refractivity contribution in [3.8, 4) is 11.3 Å². The average molecular weight is 455 g/mol. The molecular formula is C28H30N4O2. The minimum atomic E-state index is -0.135. The number of benzene rings is 2. The molecule has 0 spiro atoms. The van der Waals surface area contributed by atoms with E-state index in [1.54, 1.807) is 6.07 Å². The molecule has 6 heteroatoms. The summed E-state index contributed by atoms with van der Waals surface area (Å²) in [5, 5.41) is 6.16. The van der Waals surface area contributed by atoms with E-state index in [4.69, 9.17) is 0 Å². The number of carbonyl (C=O) groups excluding carboxylic acids is 2. The SMILES string of the molecule is O=C(NC1CC1)c1ccc(-c2cccc(C(=O)NC3CCN(Cc4ccccc4)CC3)n2)cc1. The molecule has 6 nitrogen and oxygen atoms in total. The fraction of sp³-hybridized carbons (Fsp3) is 0.321. The second kappa shape index (κ2) is 10.2. The van der Waals surface area contributed by atoms with Gasteiger partial charge in [-0.3, -0.25) is 14.5 Å². The zero-order valence-corrected chi connectivity index (χ0v) is 19.2. The number of hydrogen-bond acceptors (Lipinski definition) is 4. The molecule has 2 aliphatic rings. The van der Waals surface area contributed by atoms with Crippen LogP contribution in [0.2, 0.25) is 0 Å². The summed E-state index contributed by atoms with van der Waals surface area (Å²) in [6, 6.07) is 23.9. The first-order chi connectivity index (χ1) is 16.6. The van der Waals surface area contributed by atoms with Crippen LogP contribution in [0.3, 0.4) is 0 Å². The molecule has 1 aliphatic carbocycles. The van der Waals surface area contributed by atoms with Crippen molar-refractivity contribution in [2.45, 2.75) is 44.3 Å². The lowest BCUT2D eigenvalue weighted by Gasteiger charge is -2.32. The Bertz CT molecular complexity index is 1130. The number of piperidine rings is 1. The van der Waals surface area contributed by atoms with Crippen molar-refractivity contribution in [1.29, 1.82) is 0 Å². The van der Waals surface area contributed by atoms with Crippen LogP contribution < -0.4 is 10.6 Å². The number of nitrogens with one attached hydrogen (secondary N) is 2. The second-order valence-electron chi connectivity index (χ2n) is 9.24. The Hall–Kier alpha value is -3.51. The number of aromatic nitrogens is 1. The van der Waals surface area contributed by atoms with Crippen LogP contribution in [0.5, 0.6) is 0 Å². The van der Waals surface area contributed by atoms with E-state index in [1.165, 1.54) is 5.56 Å². The molecule has 3 aromatic rings. The van der Waals surface area contributed by atoms with Crippen molar-refractivity contribution in [2.24, 2.45) is 0 Å². The lowest BCUT2D eigenvalue weighted by Crippen LogP contribution is -2.44. The standard InChI is InChI=1S/C28H30N4O2/c33-27(29-23-13-14-23)22-11-9-21(10-12-22)25-7-4-8-26(31-25)28(34)30-24-15-17-32(18-16-24)19-20-5-2-1-3-6-20/h1-12,23-24H,13-19H2,(H,29,33)(H,30,34). The van der Waals surface area contributed by atoms with E-state index in [0.717, 1.165) is 56.6 Å². The van der Waals surface area contributed by atoms with Gasteiger partial charge >= 0.3 is 0 Å². The fourth-order valence-electron chi connectivity index (χ4n) is 4.35. The molecule has 0 unspecified atom stereocenters. The van der Waals surface area contributed by atoms with Crippen molar-refractivity contribution in [1.82, 2.24) is 20.5 Å². The molecule has 5 rings (SSSR count). The molecule has 2 heterocycles. The van der Waals surface area contributed by atoms with Crippen LogP contribution in [0.15, 0.2) is 72.8 Å². The summed E-state index contributed by atoms with van der Waals surface area (Å²) in [5.41, 5.74) is 3.98. The second-order valence-corrected chi connectivity index (χ2v) is 9.24. The molecule has 0 radical (unpaired) electrons. The maximum absolute atomic E-state index is 12.9. The third-order valence-electron chi connectivity index (χ3n) is 6.51. The van der Waals surface area contributed by atoms with E-state index in [-0.39, 0.29) is 17.9 Å². The normalized spacial score (nSPS) is 16.7. The average Bonchev–Trinajstić information content (AvgIpc) is 3.70. The molecule has 2 fully saturated rings. The highest BCUT2D eigenvalue weighted by molar-refractivity contribution is 5.95. The van der Waals surface area contributed by atoms with Crippen LogP contribution in [0.25, 0.3) is 11.3 Å². The van der Waals surface area contributed by atoms with Crippen LogP contribution in [0.1, 0.15) is 52.1 Å². The fourth-order valence-corrected chi connectivity index (χ4v) is 4.35. The minimum absolute atomic E-state index is 0.0371. The summed E-state index contributed by atoms with van der Waals surface area (Å²) in [6.45, 7) is 2.88. The van der Waals surface area contributed by atoms with Gasteiger partial charge < -0.3 is 10.6 Å². The van der Waals surface area contributed by atoms with Gasteiger partial charge in [0, 0.05) is 42.8 Å². The Morgan fingerprint density at radius 2 is 1.44 bits per heavy atom. The Kier molecular flexibility index (Phi) is 6.67. The lowest BCUT2D eigenvalue weighted by atomic mass is 10.0. The van der Waals surface area contributed by atoms with Gasteiger partial charge in [0.05, 0.1) is 5.69 Å². The maximum atomic E-state index is 12.9.